The minimum Gasteiger partial charge on any atom is -0.393 e. The number of rotatable bonds is 2. The molecule has 1 heteroatoms. The molecule has 0 aromatic carbocycles. The first kappa shape index (κ1) is 6.09. The summed E-state index contributed by atoms with van der Waals surface area (Å²) >= 11 is 0. The molecule has 1 aliphatic carbocycles. The molecule has 0 aromatic heterocycles. The van der Waals surface area contributed by atoms with Gasteiger partial charge in [-0.25, -0.2) is 0 Å². The van der Waals surface area contributed by atoms with Crippen molar-refractivity contribution in [2.75, 3.05) is 0 Å². The van der Waals surface area contributed by atoms with Gasteiger partial charge in [0.2, 0.25) is 0 Å². The standard InChI is InChI=1S/C7H14O/c1-6(8)5-7-3-2-4-7/h6-8H,2-5H2,1H3/t6-/m1/s1. The van der Waals surface area contributed by atoms with Gasteiger partial charge in [0.15, 0.2) is 0 Å². The summed E-state index contributed by atoms with van der Waals surface area (Å²) in [7, 11) is 0. The van der Waals surface area contributed by atoms with Crippen molar-refractivity contribution in [2.45, 2.75) is 38.7 Å². The first-order valence-corrected chi connectivity index (χ1v) is 3.47. The third kappa shape index (κ3) is 1.48. The molecule has 1 atom stereocenters. The molecular weight excluding hydrogens is 100 g/mol. The van der Waals surface area contributed by atoms with Crippen LogP contribution in [-0.2, 0) is 0 Å². The topological polar surface area (TPSA) is 20.2 Å². The number of hydrogen-bond donors (Lipinski definition) is 1. The third-order valence-electron chi connectivity index (χ3n) is 1.90. The van der Waals surface area contributed by atoms with E-state index in [0.29, 0.717) is 0 Å². The fraction of sp³-hybridized carbons (Fsp3) is 1.00. The van der Waals surface area contributed by atoms with E-state index < -0.39 is 0 Å². The van der Waals surface area contributed by atoms with E-state index in [-0.39, 0.29) is 6.10 Å². The zero-order valence-electron chi connectivity index (χ0n) is 5.43. The van der Waals surface area contributed by atoms with Crippen molar-refractivity contribution in [1.29, 1.82) is 0 Å². The van der Waals surface area contributed by atoms with Crippen LogP contribution >= 0.6 is 0 Å². The van der Waals surface area contributed by atoms with Crippen molar-refractivity contribution in [3.05, 3.63) is 0 Å². The van der Waals surface area contributed by atoms with Crippen LogP contribution in [0.4, 0.5) is 0 Å². The van der Waals surface area contributed by atoms with E-state index in [1.807, 2.05) is 6.92 Å². The minimum absolute atomic E-state index is 0.0692. The van der Waals surface area contributed by atoms with Crippen LogP contribution in [-0.4, -0.2) is 11.2 Å². The highest BCUT2D eigenvalue weighted by Crippen LogP contribution is 2.30. The third-order valence-corrected chi connectivity index (χ3v) is 1.90. The Morgan fingerprint density at radius 3 is 2.38 bits per heavy atom. The largest absolute Gasteiger partial charge is 0.393 e. The summed E-state index contributed by atoms with van der Waals surface area (Å²) in [5.41, 5.74) is 0. The van der Waals surface area contributed by atoms with Gasteiger partial charge in [-0.1, -0.05) is 19.3 Å². The van der Waals surface area contributed by atoms with Gasteiger partial charge in [-0.15, -0.1) is 0 Å². The van der Waals surface area contributed by atoms with Crippen molar-refractivity contribution in [3.63, 3.8) is 0 Å². The smallest absolute Gasteiger partial charge is 0.0514 e. The fourth-order valence-electron chi connectivity index (χ4n) is 1.21. The Balaban J connectivity index is 2.01. The zero-order chi connectivity index (χ0) is 5.98. The van der Waals surface area contributed by atoms with Crippen molar-refractivity contribution in [2.24, 2.45) is 5.92 Å². The maximum absolute atomic E-state index is 8.89. The average molecular weight is 114 g/mol. The normalized spacial score (nSPS) is 24.8. The molecule has 0 heterocycles. The highest BCUT2D eigenvalue weighted by Gasteiger charge is 2.18. The molecule has 0 saturated heterocycles. The number of aliphatic hydroxyl groups is 1. The van der Waals surface area contributed by atoms with E-state index in [1.165, 1.54) is 19.3 Å². The first-order chi connectivity index (χ1) is 3.79. The van der Waals surface area contributed by atoms with Gasteiger partial charge in [-0.05, 0) is 19.3 Å². The Kier molecular flexibility index (Phi) is 1.90. The Labute approximate surface area is 50.7 Å². The van der Waals surface area contributed by atoms with E-state index >= 15 is 0 Å². The number of hydrogen-bond acceptors (Lipinski definition) is 1. The summed E-state index contributed by atoms with van der Waals surface area (Å²) in [5, 5.41) is 8.89. The van der Waals surface area contributed by atoms with Crippen molar-refractivity contribution in [3.8, 4) is 0 Å². The van der Waals surface area contributed by atoms with Gasteiger partial charge in [-0.3, -0.25) is 0 Å². The maximum atomic E-state index is 8.89. The molecule has 48 valence electrons. The Morgan fingerprint density at radius 2 is 2.25 bits per heavy atom. The van der Waals surface area contributed by atoms with Crippen LogP contribution in [0.25, 0.3) is 0 Å². The molecule has 0 aliphatic heterocycles. The maximum Gasteiger partial charge on any atom is 0.0514 e. The summed E-state index contributed by atoms with van der Waals surface area (Å²) < 4.78 is 0. The molecule has 0 unspecified atom stereocenters. The number of aliphatic hydroxyl groups excluding tert-OH is 1. The van der Waals surface area contributed by atoms with Gasteiger partial charge in [0.05, 0.1) is 6.10 Å². The van der Waals surface area contributed by atoms with Crippen molar-refractivity contribution >= 4 is 0 Å². The van der Waals surface area contributed by atoms with E-state index in [0.717, 1.165) is 12.3 Å². The van der Waals surface area contributed by atoms with Crippen LogP contribution in [0.1, 0.15) is 32.6 Å². The summed E-state index contributed by atoms with van der Waals surface area (Å²) in [6.07, 6.45) is 5.05. The van der Waals surface area contributed by atoms with Gasteiger partial charge < -0.3 is 5.11 Å². The SMILES string of the molecule is C[C@@H](O)CC1CCC1. The molecule has 0 radical (unpaired) electrons. The lowest BCUT2D eigenvalue weighted by atomic mass is 9.82. The van der Waals surface area contributed by atoms with Gasteiger partial charge >= 0.3 is 0 Å². The quantitative estimate of drug-likeness (QED) is 0.577. The van der Waals surface area contributed by atoms with Crippen LogP contribution in [0.15, 0.2) is 0 Å². The second-order valence-electron chi connectivity index (χ2n) is 2.88. The van der Waals surface area contributed by atoms with Crippen LogP contribution in [0, 0.1) is 5.92 Å². The van der Waals surface area contributed by atoms with Gasteiger partial charge in [0, 0.05) is 0 Å². The molecule has 0 amide bonds. The Hall–Kier alpha value is -0.0400. The molecule has 1 rings (SSSR count). The van der Waals surface area contributed by atoms with Crippen LogP contribution in [0.3, 0.4) is 0 Å². The highest BCUT2D eigenvalue weighted by atomic mass is 16.3. The molecular formula is C7H14O. The average Bonchev–Trinajstić information content (AvgIpc) is 1.55. The van der Waals surface area contributed by atoms with Gasteiger partial charge in [-0.2, -0.15) is 0 Å². The summed E-state index contributed by atoms with van der Waals surface area (Å²) in [6, 6.07) is 0. The molecule has 1 aliphatic rings. The molecule has 1 N–H and O–H groups in total. The van der Waals surface area contributed by atoms with Crippen molar-refractivity contribution in [1.82, 2.24) is 0 Å². The summed E-state index contributed by atoms with van der Waals surface area (Å²) in [5.74, 6) is 0.856. The first-order valence-electron chi connectivity index (χ1n) is 3.47. The van der Waals surface area contributed by atoms with Crippen LogP contribution < -0.4 is 0 Å². The summed E-state index contributed by atoms with van der Waals surface area (Å²) in [6.45, 7) is 1.87. The molecule has 8 heavy (non-hydrogen) atoms. The minimum atomic E-state index is -0.0692. The van der Waals surface area contributed by atoms with E-state index in [4.69, 9.17) is 5.11 Å². The predicted octanol–water partition coefficient (Wildman–Crippen LogP) is 1.56. The molecule has 1 nitrogen and oxygen atoms in total. The van der Waals surface area contributed by atoms with E-state index in [1.54, 1.807) is 0 Å². The van der Waals surface area contributed by atoms with E-state index in [2.05, 4.69) is 0 Å². The lowest BCUT2D eigenvalue weighted by molar-refractivity contribution is 0.133. The van der Waals surface area contributed by atoms with Crippen LogP contribution in [0.2, 0.25) is 0 Å². The van der Waals surface area contributed by atoms with Gasteiger partial charge in [0.25, 0.3) is 0 Å². The molecule has 0 aromatic rings. The fourth-order valence-corrected chi connectivity index (χ4v) is 1.21. The van der Waals surface area contributed by atoms with Gasteiger partial charge in [0.1, 0.15) is 0 Å². The second-order valence-corrected chi connectivity index (χ2v) is 2.88. The van der Waals surface area contributed by atoms with E-state index in [9.17, 15) is 0 Å². The molecule has 0 bridgehead atoms. The Bertz CT molecular complexity index is 64.8. The zero-order valence-corrected chi connectivity index (χ0v) is 5.43. The van der Waals surface area contributed by atoms with Crippen LogP contribution in [0.5, 0.6) is 0 Å². The Morgan fingerprint density at radius 1 is 1.62 bits per heavy atom. The molecule has 0 spiro atoms. The monoisotopic (exact) mass is 114 g/mol. The predicted molar refractivity (Wildman–Crippen MR) is 33.6 cm³/mol. The lowest BCUT2D eigenvalue weighted by Gasteiger charge is -2.26. The summed E-state index contributed by atoms with van der Waals surface area (Å²) in [4.78, 5) is 0. The second kappa shape index (κ2) is 2.49. The molecule has 1 fully saturated rings. The highest BCUT2D eigenvalue weighted by molar-refractivity contribution is 4.70. The lowest BCUT2D eigenvalue weighted by Crippen LogP contribution is -2.16. The molecule has 1 saturated carbocycles. The van der Waals surface area contributed by atoms with Crippen molar-refractivity contribution < 1.29 is 5.11 Å².